The number of nitrogens with zero attached hydrogens (tertiary/aromatic N) is 2. The third-order valence-electron chi connectivity index (χ3n) is 2.25. The van der Waals surface area contributed by atoms with Crippen LogP contribution in [-0.4, -0.2) is 11.6 Å². The smallest absolute Gasteiger partial charge is 0.387 e. The van der Waals surface area contributed by atoms with Crippen molar-refractivity contribution in [3.05, 3.63) is 48.2 Å². The molecule has 90 valence electrons. The first-order valence-electron chi connectivity index (χ1n) is 5.10. The Kier molecular flexibility index (Phi) is 3.49. The van der Waals surface area contributed by atoms with E-state index in [1.165, 1.54) is 18.3 Å². The molecule has 0 unspecified atom stereocenters. The number of pyridine rings is 1. The van der Waals surface area contributed by atoms with Crippen LogP contribution in [0, 0.1) is 11.3 Å². The maximum absolute atomic E-state index is 12.1. The Morgan fingerprint density at radius 1 is 1.22 bits per heavy atom. The van der Waals surface area contributed by atoms with Gasteiger partial charge in [0.2, 0.25) is 0 Å². The largest absolute Gasteiger partial charge is 0.435 e. The SMILES string of the molecule is N#Cc1ccc(-c2cccc(OC(F)F)c2)nc1. The topological polar surface area (TPSA) is 45.9 Å². The summed E-state index contributed by atoms with van der Waals surface area (Å²) in [7, 11) is 0. The predicted octanol–water partition coefficient (Wildman–Crippen LogP) is 3.22. The molecule has 0 bridgehead atoms. The van der Waals surface area contributed by atoms with Crippen LogP contribution in [0.5, 0.6) is 5.75 Å². The molecule has 0 amide bonds. The van der Waals surface area contributed by atoms with E-state index in [1.807, 2.05) is 6.07 Å². The van der Waals surface area contributed by atoms with Crippen LogP contribution in [-0.2, 0) is 0 Å². The molecule has 0 N–H and O–H groups in total. The summed E-state index contributed by atoms with van der Waals surface area (Å²) < 4.78 is 28.5. The van der Waals surface area contributed by atoms with Gasteiger partial charge in [-0.3, -0.25) is 4.98 Å². The van der Waals surface area contributed by atoms with Gasteiger partial charge in [-0.2, -0.15) is 14.0 Å². The Morgan fingerprint density at radius 3 is 2.67 bits per heavy atom. The van der Waals surface area contributed by atoms with E-state index in [4.69, 9.17) is 5.26 Å². The van der Waals surface area contributed by atoms with Crippen molar-refractivity contribution in [2.75, 3.05) is 0 Å². The van der Waals surface area contributed by atoms with Crippen LogP contribution in [0.2, 0.25) is 0 Å². The number of hydrogen-bond donors (Lipinski definition) is 0. The summed E-state index contributed by atoms with van der Waals surface area (Å²) in [5.74, 6) is 0.0775. The number of hydrogen-bond acceptors (Lipinski definition) is 3. The molecular weight excluding hydrogens is 238 g/mol. The molecule has 0 atom stereocenters. The maximum Gasteiger partial charge on any atom is 0.387 e. The second-order valence-corrected chi connectivity index (χ2v) is 3.45. The van der Waals surface area contributed by atoms with Gasteiger partial charge in [0.1, 0.15) is 11.8 Å². The van der Waals surface area contributed by atoms with Gasteiger partial charge in [-0.25, -0.2) is 0 Å². The molecule has 18 heavy (non-hydrogen) atoms. The van der Waals surface area contributed by atoms with Crippen LogP contribution in [0.15, 0.2) is 42.6 Å². The highest BCUT2D eigenvalue weighted by Gasteiger charge is 2.06. The van der Waals surface area contributed by atoms with Gasteiger partial charge in [-0.05, 0) is 24.3 Å². The van der Waals surface area contributed by atoms with Crippen LogP contribution in [0.4, 0.5) is 8.78 Å². The van der Waals surface area contributed by atoms with Gasteiger partial charge in [0, 0.05) is 11.8 Å². The van der Waals surface area contributed by atoms with Gasteiger partial charge in [-0.15, -0.1) is 0 Å². The van der Waals surface area contributed by atoms with Crippen LogP contribution in [0.3, 0.4) is 0 Å². The fourth-order valence-electron chi connectivity index (χ4n) is 1.46. The third kappa shape index (κ3) is 2.80. The van der Waals surface area contributed by atoms with Gasteiger partial charge in [0.05, 0.1) is 11.3 Å². The fourth-order valence-corrected chi connectivity index (χ4v) is 1.46. The Bertz CT molecular complexity index is 576. The molecule has 1 aromatic heterocycles. The summed E-state index contributed by atoms with van der Waals surface area (Å²) in [6, 6.07) is 11.5. The van der Waals surface area contributed by atoms with Crippen molar-refractivity contribution in [2.24, 2.45) is 0 Å². The quantitative estimate of drug-likeness (QED) is 0.835. The molecule has 0 aliphatic carbocycles. The van der Waals surface area contributed by atoms with Crippen LogP contribution < -0.4 is 4.74 Å². The Balaban J connectivity index is 2.29. The number of benzene rings is 1. The zero-order chi connectivity index (χ0) is 13.0. The first-order chi connectivity index (χ1) is 8.69. The fraction of sp³-hybridized carbons (Fsp3) is 0.0769. The van der Waals surface area contributed by atoms with E-state index in [-0.39, 0.29) is 5.75 Å². The molecule has 3 nitrogen and oxygen atoms in total. The summed E-state index contributed by atoms with van der Waals surface area (Å²) in [6.45, 7) is -2.85. The monoisotopic (exact) mass is 246 g/mol. The minimum Gasteiger partial charge on any atom is -0.435 e. The van der Waals surface area contributed by atoms with Crippen molar-refractivity contribution in [1.29, 1.82) is 5.26 Å². The van der Waals surface area contributed by atoms with E-state index >= 15 is 0 Å². The number of alkyl halides is 2. The van der Waals surface area contributed by atoms with Crippen molar-refractivity contribution in [1.82, 2.24) is 4.98 Å². The van der Waals surface area contributed by atoms with E-state index in [9.17, 15) is 8.78 Å². The van der Waals surface area contributed by atoms with Crippen molar-refractivity contribution in [3.8, 4) is 23.1 Å². The molecule has 0 saturated carbocycles. The van der Waals surface area contributed by atoms with Crippen molar-refractivity contribution < 1.29 is 13.5 Å². The molecule has 0 saturated heterocycles. The number of nitriles is 1. The number of aromatic nitrogens is 1. The summed E-state index contributed by atoms with van der Waals surface area (Å²) in [5.41, 5.74) is 1.69. The van der Waals surface area contributed by atoms with Gasteiger partial charge < -0.3 is 4.74 Å². The first kappa shape index (κ1) is 12.0. The zero-order valence-electron chi connectivity index (χ0n) is 9.18. The third-order valence-corrected chi connectivity index (χ3v) is 2.25. The summed E-state index contributed by atoms with van der Waals surface area (Å²) in [6.07, 6.45) is 1.43. The van der Waals surface area contributed by atoms with E-state index in [0.29, 0.717) is 16.8 Å². The summed E-state index contributed by atoms with van der Waals surface area (Å²) >= 11 is 0. The van der Waals surface area contributed by atoms with Crippen molar-refractivity contribution in [2.45, 2.75) is 6.61 Å². The average molecular weight is 246 g/mol. The zero-order valence-corrected chi connectivity index (χ0v) is 9.18. The number of halogens is 2. The van der Waals surface area contributed by atoms with Crippen LogP contribution in [0.1, 0.15) is 5.56 Å². The molecule has 0 radical (unpaired) electrons. The molecule has 0 spiro atoms. The van der Waals surface area contributed by atoms with Gasteiger partial charge in [0.15, 0.2) is 0 Å². The maximum atomic E-state index is 12.1. The van der Waals surface area contributed by atoms with E-state index in [2.05, 4.69) is 9.72 Å². The molecular formula is C13H8F2N2O. The lowest BCUT2D eigenvalue weighted by Crippen LogP contribution is -2.01. The molecule has 0 fully saturated rings. The highest BCUT2D eigenvalue weighted by Crippen LogP contribution is 2.23. The highest BCUT2D eigenvalue weighted by molar-refractivity contribution is 5.61. The molecule has 2 aromatic rings. The van der Waals surface area contributed by atoms with Gasteiger partial charge in [0.25, 0.3) is 0 Å². The molecule has 1 heterocycles. The molecule has 1 aromatic carbocycles. The normalized spacial score (nSPS) is 10.1. The van der Waals surface area contributed by atoms with E-state index < -0.39 is 6.61 Å². The Labute approximate surface area is 102 Å². The minimum atomic E-state index is -2.85. The standard InChI is InChI=1S/C13H8F2N2O/c14-13(15)18-11-3-1-2-10(6-11)12-5-4-9(7-16)8-17-12/h1-6,8,13H. The number of rotatable bonds is 3. The first-order valence-corrected chi connectivity index (χ1v) is 5.10. The van der Waals surface area contributed by atoms with Crippen molar-refractivity contribution >= 4 is 0 Å². The highest BCUT2D eigenvalue weighted by atomic mass is 19.3. The summed E-state index contributed by atoms with van der Waals surface area (Å²) in [5, 5.41) is 8.65. The summed E-state index contributed by atoms with van der Waals surface area (Å²) in [4.78, 5) is 4.07. The van der Waals surface area contributed by atoms with Gasteiger partial charge in [-0.1, -0.05) is 12.1 Å². The minimum absolute atomic E-state index is 0.0775. The van der Waals surface area contributed by atoms with E-state index in [1.54, 1.807) is 24.3 Å². The predicted molar refractivity (Wildman–Crippen MR) is 61.0 cm³/mol. The number of ether oxygens (including phenoxy) is 1. The van der Waals surface area contributed by atoms with Crippen LogP contribution >= 0.6 is 0 Å². The Hall–Kier alpha value is -2.48. The second kappa shape index (κ2) is 5.23. The average Bonchev–Trinajstić information content (AvgIpc) is 2.38. The lowest BCUT2D eigenvalue weighted by atomic mass is 10.1. The lowest BCUT2D eigenvalue weighted by molar-refractivity contribution is -0.0498. The van der Waals surface area contributed by atoms with E-state index in [0.717, 1.165) is 0 Å². The molecule has 5 heteroatoms. The van der Waals surface area contributed by atoms with Crippen molar-refractivity contribution in [3.63, 3.8) is 0 Å². The molecule has 0 aliphatic rings. The lowest BCUT2D eigenvalue weighted by Gasteiger charge is -2.06. The Morgan fingerprint density at radius 2 is 2.06 bits per heavy atom. The second-order valence-electron chi connectivity index (χ2n) is 3.45. The van der Waals surface area contributed by atoms with Crippen LogP contribution in [0.25, 0.3) is 11.3 Å². The molecule has 0 aliphatic heterocycles. The van der Waals surface area contributed by atoms with Gasteiger partial charge >= 0.3 is 6.61 Å². The molecule has 2 rings (SSSR count).